The fourth-order valence-electron chi connectivity index (χ4n) is 2.03. The zero-order valence-corrected chi connectivity index (χ0v) is 10.6. The highest BCUT2D eigenvalue weighted by Gasteiger charge is 2.16. The van der Waals surface area contributed by atoms with E-state index in [9.17, 15) is 0 Å². The highest BCUT2D eigenvalue weighted by atomic mass is 16.5. The molecule has 3 heteroatoms. The van der Waals surface area contributed by atoms with Crippen molar-refractivity contribution in [2.24, 2.45) is 11.7 Å². The summed E-state index contributed by atoms with van der Waals surface area (Å²) in [4.78, 5) is 4.33. The topological polar surface area (TPSA) is 48.1 Å². The Morgan fingerprint density at radius 2 is 2.29 bits per heavy atom. The van der Waals surface area contributed by atoms with Gasteiger partial charge in [-0.25, -0.2) is 0 Å². The average Bonchev–Trinajstić information content (AvgIpc) is 2.32. The number of aromatic nitrogens is 1. The van der Waals surface area contributed by atoms with Gasteiger partial charge in [0, 0.05) is 6.04 Å². The van der Waals surface area contributed by atoms with E-state index in [0.29, 0.717) is 0 Å². The second-order valence-corrected chi connectivity index (χ2v) is 4.87. The van der Waals surface area contributed by atoms with Gasteiger partial charge in [0.2, 0.25) is 0 Å². The van der Waals surface area contributed by atoms with Gasteiger partial charge in [0.25, 0.3) is 0 Å². The molecule has 0 amide bonds. The Morgan fingerprint density at radius 3 is 2.82 bits per heavy atom. The quantitative estimate of drug-likeness (QED) is 0.823. The molecule has 2 N–H and O–H groups in total. The van der Waals surface area contributed by atoms with Crippen LogP contribution in [0.25, 0.3) is 0 Å². The molecular weight excluding hydrogens is 212 g/mol. The predicted molar refractivity (Wildman–Crippen MR) is 68.9 cm³/mol. The lowest BCUT2D eigenvalue weighted by atomic mass is 9.83. The molecule has 0 saturated heterocycles. The Morgan fingerprint density at radius 1 is 1.47 bits per heavy atom. The molecule has 2 rings (SSSR count). The molecule has 3 nitrogen and oxygen atoms in total. The molecule has 0 radical (unpaired) electrons. The third kappa shape index (κ3) is 3.43. The van der Waals surface area contributed by atoms with Crippen LogP contribution in [0.15, 0.2) is 18.3 Å². The van der Waals surface area contributed by atoms with Crippen LogP contribution < -0.4 is 10.5 Å². The molecule has 1 aromatic rings. The molecule has 0 spiro atoms. The van der Waals surface area contributed by atoms with Crippen molar-refractivity contribution in [2.75, 3.05) is 6.61 Å². The largest absolute Gasteiger partial charge is 0.492 e. The molecule has 0 bridgehead atoms. The second kappa shape index (κ2) is 6.01. The van der Waals surface area contributed by atoms with Crippen molar-refractivity contribution in [2.45, 2.75) is 45.1 Å². The number of hydrogen-bond donors (Lipinski definition) is 1. The molecule has 0 aromatic carbocycles. The van der Waals surface area contributed by atoms with Gasteiger partial charge in [-0.15, -0.1) is 0 Å². The van der Waals surface area contributed by atoms with Crippen molar-refractivity contribution < 1.29 is 4.74 Å². The van der Waals surface area contributed by atoms with Gasteiger partial charge in [-0.2, -0.15) is 0 Å². The van der Waals surface area contributed by atoms with E-state index in [0.717, 1.165) is 30.4 Å². The van der Waals surface area contributed by atoms with Crippen LogP contribution >= 0.6 is 0 Å². The van der Waals surface area contributed by atoms with Crippen LogP contribution in [0.1, 0.15) is 50.8 Å². The predicted octanol–water partition coefficient (Wildman–Crippen LogP) is 3.06. The third-order valence-electron chi connectivity index (χ3n) is 3.60. The maximum absolute atomic E-state index is 5.91. The van der Waals surface area contributed by atoms with Crippen LogP contribution in [0.4, 0.5) is 0 Å². The normalized spacial score (nSPS) is 17.5. The van der Waals surface area contributed by atoms with E-state index in [1.54, 1.807) is 6.20 Å². The summed E-state index contributed by atoms with van der Waals surface area (Å²) in [5.74, 6) is 1.76. The van der Waals surface area contributed by atoms with Crippen molar-refractivity contribution in [1.82, 2.24) is 4.98 Å². The average molecular weight is 234 g/mol. The van der Waals surface area contributed by atoms with Gasteiger partial charge in [-0.05, 0) is 30.9 Å². The minimum absolute atomic E-state index is 0.0408. The SMILES string of the molecule is CCC(N)c1ccc(OCCC2CCC2)cn1. The van der Waals surface area contributed by atoms with Gasteiger partial charge in [-0.1, -0.05) is 26.2 Å². The first-order valence-corrected chi connectivity index (χ1v) is 6.64. The summed E-state index contributed by atoms with van der Waals surface area (Å²) in [6.07, 6.45) is 8.03. The Balaban J connectivity index is 1.76. The zero-order valence-electron chi connectivity index (χ0n) is 10.6. The Hall–Kier alpha value is -1.09. The van der Waals surface area contributed by atoms with E-state index in [1.165, 1.54) is 25.7 Å². The highest BCUT2D eigenvalue weighted by Crippen LogP contribution is 2.29. The van der Waals surface area contributed by atoms with E-state index in [-0.39, 0.29) is 6.04 Å². The molecule has 1 aliphatic carbocycles. The highest BCUT2D eigenvalue weighted by molar-refractivity contribution is 5.21. The summed E-state index contributed by atoms with van der Waals surface area (Å²) in [5.41, 5.74) is 6.85. The molecule has 1 heterocycles. The van der Waals surface area contributed by atoms with Gasteiger partial charge in [-0.3, -0.25) is 4.98 Å². The summed E-state index contributed by atoms with van der Waals surface area (Å²) in [7, 11) is 0. The summed E-state index contributed by atoms with van der Waals surface area (Å²) in [5, 5.41) is 0. The summed E-state index contributed by atoms with van der Waals surface area (Å²) >= 11 is 0. The lowest BCUT2D eigenvalue weighted by Crippen LogP contribution is -2.14. The van der Waals surface area contributed by atoms with E-state index in [4.69, 9.17) is 10.5 Å². The fraction of sp³-hybridized carbons (Fsp3) is 0.643. The molecule has 17 heavy (non-hydrogen) atoms. The lowest BCUT2D eigenvalue weighted by Gasteiger charge is -2.24. The van der Waals surface area contributed by atoms with Gasteiger partial charge in [0.05, 0.1) is 18.5 Å². The molecule has 1 saturated carbocycles. The molecular formula is C14H22N2O. The zero-order chi connectivity index (χ0) is 12.1. The van der Waals surface area contributed by atoms with Crippen LogP contribution in [-0.4, -0.2) is 11.6 Å². The van der Waals surface area contributed by atoms with Crippen molar-refractivity contribution in [3.05, 3.63) is 24.0 Å². The van der Waals surface area contributed by atoms with Gasteiger partial charge in [0.15, 0.2) is 0 Å². The molecule has 1 unspecified atom stereocenters. The van der Waals surface area contributed by atoms with Crippen molar-refractivity contribution >= 4 is 0 Å². The Kier molecular flexibility index (Phi) is 4.37. The molecule has 1 aliphatic rings. The van der Waals surface area contributed by atoms with Gasteiger partial charge < -0.3 is 10.5 Å². The molecule has 1 atom stereocenters. The summed E-state index contributed by atoms with van der Waals surface area (Å²) < 4.78 is 5.68. The Bertz CT molecular complexity index is 333. The standard InChI is InChI=1S/C14H22N2O/c1-2-13(15)14-7-6-12(10-16-14)17-9-8-11-4-3-5-11/h6-7,10-11,13H,2-5,8-9,15H2,1H3. The smallest absolute Gasteiger partial charge is 0.137 e. The number of nitrogens with two attached hydrogens (primary N) is 1. The van der Waals surface area contributed by atoms with Crippen LogP contribution in [0.2, 0.25) is 0 Å². The monoisotopic (exact) mass is 234 g/mol. The number of nitrogens with zero attached hydrogens (tertiary/aromatic N) is 1. The van der Waals surface area contributed by atoms with Crippen LogP contribution in [0, 0.1) is 5.92 Å². The van der Waals surface area contributed by atoms with Crippen LogP contribution in [0.3, 0.4) is 0 Å². The maximum Gasteiger partial charge on any atom is 0.137 e. The van der Waals surface area contributed by atoms with E-state index >= 15 is 0 Å². The number of rotatable bonds is 6. The first kappa shape index (κ1) is 12.4. The van der Waals surface area contributed by atoms with Crippen LogP contribution in [0.5, 0.6) is 5.75 Å². The van der Waals surface area contributed by atoms with Gasteiger partial charge >= 0.3 is 0 Å². The number of hydrogen-bond acceptors (Lipinski definition) is 3. The van der Waals surface area contributed by atoms with Crippen molar-refractivity contribution in [3.8, 4) is 5.75 Å². The molecule has 0 aliphatic heterocycles. The minimum Gasteiger partial charge on any atom is -0.492 e. The number of ether oxygens (including phenoxy) is 1. The number of pyridine rings is 1. The van der Waals surface area contributed by atoms with E-state index in [2.05, 4.69) is 11.9 Å². The van der Waals surface area contributed by atoms with E-state index < -0.39 is 0 Å². The molecule has 1 fully saturated rings. The summed E-state index contributed by atoms with van der Waals surface area (Å²) in [6.45, 7) is 2.88. The molecule has 1 aromatic heterocycles. The fourth-order valence-corrected chi connectivity index (χ4v) is 2.03. The van der Waals surface area contributed by atoms with E-state index in [1.807, 2.05) is 12.1 Å². The summed E-state index contributed by atoms with van der Waals surface area (Å²) in [6, 6.07) is 3.98. The third-order valence-corrected chi connectivity index (χ3v) is 3.60. The van der Waals surface area contributed by atoms with Crippen molar-refractivity contribution in [1.29, 1.82) is 0 Å². The lowest BCUT2D eigenvalue weighted by molar-refractivity contribution is 0.221. The minimum atomic E-state index is 0.0408. The maximum atomic E-state index is 5.91. The molecule has 94 valence electrons. The van der Waals surface area contributed by atoms with Gasteiger partial charge in [0.1, 0.15) is 5.75 Å². The van der Waals surface area contributed by atoms with Crippen molar-refractivity contribution in [3.63, 3.8) is 0 Å². The first-order valence-electron chi connectivity index (χ1n) is 6.64. The first-order chi connectivity index (χ1) is 8.29. The van der Waals surface area contributed by atoms with Crippen LogP contribution in [-0.2, 0) is 0 Å². The second-order valence-electron chi connectivity index (χ2n) is 4.87. The Labute approximate surface area is 103 Å².